The molecule has 3 aromatic rings. The summed E-state index contributed by atoms with van der Waals surface area (Å²) in [6.45, 7) is 5.33. The van der Waals surface area contributed by atoms with Crippen LogP contribution >= 0.6 is 23.2 Å². The van der Waals surface area contributed by atoms with Crippen molar-refractivity contribution in [1.29, 1.82) is 0 Å². The predicted molar refractivity (Wildman–Crippen MR) is 97.4 cm³/mol. The molecule has 0 N–H and O–H groups in total. The first-order valence-corrected chi connectivity index (χ1v) is 8.11. The summed E-state index contributed by atoms with van der Waals surface area (Å²) in [4.78, 5) is 25.6. The highest BCUT2D eigenvalue weighted by atomic mass is 35.5. The number of benzene rings is 2. The third-order valence-corrected chi connectivity index (χ3v) is 4.13. The minimum Gasteiger partial charge on any atom is -0.443 e. The lowest BCUT2D eigenvalue weighted by Crippen LogP contribution is -2.28. The Bertz CT molecular complexity index is 966. The Balaban J connectivity index is 2.52. The molecule has 3 rings (SSSR count). The number of aromatic nitrogens is 1. The second-order valence-electron chi connectivity index (χ2n) is 6.41. The van der Waals surface area contributed by atoms with Crippen molar-refractivity contribution >= 4 is 51.1 Å². The Morgan fingerprint density at radius 3 is 1.83 bits per heavy atom. The van der Waals surface area contributed by atoms with Crippen LogP contribution in [0.15, 0.2) is 41.2 Å². The van der Waals surface area contributed by atoms with Gasteiger partial charge in [0.05, 0.1) is 31.9 Å². The van der Waals surface area contributed by atoms with E-state index >= 15 is 0 Å². The number of ether oxygens (including phenoxy) is 1. The first kappa shape index (κ1) is 16.8. The van der Waals surface area contributed by atoms with E-state index < -0.39 is 11.7 Å². The predicted octanol–water partition coefficient (Wildman–Crippen LogP) is 5.24. The van der Waals surface area contributed by atoms with Gasteiger partial charge in [0.15, 0.2) is 5.43 Å². The number of halogens is 2. The van der Waals surface area contributed by atoms with E-state index in [4.69, 9.17) is 27.9 Å². The van der Waals surface area contributed by atoms with Crippen molar-refractivity contribution in [3.8, 4) is 0 Å². The highest BCUT2D eigenvalue weighted by molar-refractivity contribution is 6.38. The van der Waals surface area contributed by atoms with Crippen molar-refractivity contribution in [1.82, 2.24) is 4.57 Å². The summed E-state index contributed by atoms with van der Waals surface area (Å²) in [7, 11) is 0. The molecule has 1 aromatic heterocycles. The Morgan fingerprint density at radius 2 is 1.42 bits per heavy atom. The molecule has 6 heteroatoms. The van der Waals surface area contributed by atoms with E-state index in [1.165, 1.54) is 4.57 Å². The highest BCUT2D eigenvalue weighted by Gasteiger charge is 2.23. The largest absolute Gasteiger partial charge is 0.443 e. The van der Waals surface area contributed by atoms with Crippen molar-refractivity contribution in [3.05, 3.63) is 56.7 Å². The molecule has 0 aliphatic rings. The molecule has 0 bridgehead atoms. The average Bonchev–Trinajstić information content (AvgIpc) is 2.45. The molecule has 24 heavy (non-hydrogen) atoms. The standard InChI is InChI=1S/C18H15Cl2NO3/c1-18(2,3)24-17(23)21-12-8-4-6-10(19)14(12)16(22)15-11(20)7-5-9-13(15)21/h4-9H,1-3H3. The van der Waals surface area contributed by atoms with Crippen LogP contribution in [0.5, 0.6) is 0 Å². The molecule has 0 aliphatic heterocycles. The van der Waals surface area contributed by atoms with Gasteiger partial charge in [-0.2, -0.15) is 0 Å². The summed E-state index contributed by atoms with van der Waals surface area (Å²) in [6, 6.07) is 9.89. The number of nitrogens with zero attached hydrogens (tertiary/aromatic N) is 1. The van der Waals surface area contributed by atoms with E-state index in [9.17, 15) is 9.59 Å². The molecule has 124 valence electrons. The zero-order chi connectivity index (χ0) is 17.6. The van der Waals surface area contributed by atoms with Gasteiger partial charge in [0.2, 0.25) is 0 Å². The van der Waals surface area contributed by atoms with Gasteiger partial charge in [-0.25, -0.2) is 9.36 Å². The molecule has 0 fully saturated rings. The van der Waals surface area contributed by atoms with E-state index in [2.05, 4.69) is 0 Å². The lowest BCUT2D eigenvalue weighted by molar-refractivity contribution is 0.0551. The van der Waals surface area contributed by atoms with Crippen LogP contribution in [-0.2, 0) is 4.74 Å². The first-order chi connectivity index (χ1) is 11.2. The van der Waals surface area contributed by atoms with Gasteiger partial charge in [0.25, 0.3) is 0 Å². The van der Waals surface area contributed by atoms with E-state index in [1.54, 1.807) is 57.2 Å². The maximum atomic E-state index is 12.9. The summed E-state index contributed by atoms with van der Waals surface area (Å²) in [6.07, 6.45) is -0.595. The molecule has 0 radical (unpaired) electrons. The molecule has 0 amide bonds. The minimum atomic E-state index is -0.685. The normalized spacial score (nSPS) is 11.9. The highest BCUT2D eigenvalue weighted by Crippen LogP contribution is 2.28. The number of hydrogen-bond donors (Lipinski definition) is 0. The molecule has 0 atom stereocenters. The van der Waals surface area contributed by atoms with Gasteiger partial charge < -0.3 is 4.74 Å². The van der Waals surface area contributed by atoms with Gasteiger partial charge in [0, 0.05) is 0 Å². The van der Waals surface area contributed by atoms with Crippen LogP contribution < -0.4 is 5.43 Å². The topological polar surface area (TPSA) is 48.3 Å². The molecule has 4 nitrogen and oxygen atoms in total. The lowest BCUT2D eigenvalue weighted by Gasteiger charge is -2.22. The van der Waals surface area contributed by atoms with E-state index in [-0.39, 0.29) is 26.2 Å². The summed E-state index contributed by atoms with van der Waals surface area (Å²) >= 11 is 12.4. The molecule has 0 saturated carbocycles. The van der Waals surface area contributed by atoms with Gasteiger partial charge in [0.1, 0.15) is 5.60 Å². The molecule has 0 aliphatic carbocycles. The fourth-order valence-corrected chi connectivity index (χ4v) is 3.12. The van der Waals surface area contributed by atoms with Crippen molar-refractivity contribution in [2.45, 2.75) is 26.4 Å². The average molecular weight is 364 g/mol. The number of pyridine rings is 1. The van der Waals surface area contributed by atoms with Gasteiger partial charge in [-0.05, 0) is 45.0 Å². The molecule has 0 unspecified atom stereocenters. The Morgan fingerprint density at radius 1 is 0.958 bits per heavy atom. The Kier molecular flexibility index (Phi) is 4.06. The number of hydrogen-bond acceptors (Lipinski definition) is 3. The van der Waals surface area contributed by atoms with Crippen LogP contribution in [0.2, 0.25) is 10.0 Å². The number of carbonyl (C=O) groups excluding carboxylic acids is 1. The minimum absolute atomic E-state index is 0.241. The zero-order valence-corrected chi connectivity index (χ0v) is 14.9. The summed E-state index contributed by atoms with van der Waals surface area (Å²) in [5, 5.41) is 1.00. The van der Waals surface area contributed by atoms with Gasteiger partial charge >= 0.3 is 6.09 Å². The lowest BCUT2D eigenvalue weighted by atomic mass is 10.1. The molecule has 2 aromatic carbocycles. The van der Waals surface area contributed by atoms with E-state index in [1.807, 2.05) is 0 Å². The number of carbonyl (C=O) groups is 1. The smallest absolute Gasteiger partial charge is 0.419 e. The summed E-state index contributed by atoms with van der Waals surface area (Å²) < 4.78 is 6.84. The fourth-order valence-electron chi connectivity index (χ4n) is 2.61. The van der Waals surface area contributed by atoms with Crippen LogP contribution in [0.4, 0.5) is 4.79 Å². The van der Waals surface area contributed by atoms with E-state index in [0.29, 0.717) is 11.0 Å². The van der Waals surface area contributed by atoms with Gasteiger partial charge in [-0.1, -0.05) is 35.3 Å². The van der Waals surface area contributed by atoms with Crippen LogP contribution in [0, 0.1) is 0 Å². The van der Waals surface area contributed by atoms with E-state index in [0.717, 1.165) is 0 Å². The third kappa shape index (κ3) is 2.76. The van der Waals surface area contributed by atoms with Gasteiger partial charge in [-0.3, -0.25) is 4.79 Å². The molecular formula is C18H15Cl2NO3. The van der Waals surface area contributed by atoms with Crippen LogP contribution in [-0.4, -0.2) is 16.3 Å². The molecular weight excluding hydrogens is 349 g/mol. The maximum Gasteiger partial charge on any atom is 0.419 e. The molecule has 0 saturated heterocycles. The van der Waals surface area contributed by atoms with Crippen LogP contribution in [0.25, 0.3) is 21.8 Å². The summed E-state index contributed by atoms with van der Waals surface area (Å²) in [5.74, 6) is 0. The second kappa shape index (κ2) is 5.80. The zero-order valence-electron chi connectivity index (χ0n) is 13.4. The van der Waals surface area contributed by atoms with Crippen molar-refractivity contribution in [2.24, 2.45) is 0 Å². The number of fused-ring (bicyclic) bond motifs is 2. The van der Waals surface area contributed by atoms with Gasteiger partial charge in [-0.15, -0.1) is 0 Å². The van der Waals surface area contributed by atoms with Crippen molar-refractivity contribution in [3.63, 3.8) is 0 Å². The number of rotatable bonds is 0. The summed E-state index contributed by atoms with van der Waals surface area (Å²) in [5.41, 5.74) is -0.222. The molecule has 1 heterocycles. The Hall–Kier alpha value is -2.04. The quantitative estimate of drug-likeness (QED) is 0.512. The first-order valence-electron chi connectivity index (χ1n) is 7.35. The third-order valence-electron chi connectivity index (χ3n) is 3.50. The Labute approximate surface area is 148 Å². The maximum absolute atomic E-state index is 12.9. The van der Waals surface area contributed by atoms with Crippen molar-refractivity contribution < 1.29 is 9.53 Å². The second-order valence-corrected chi connectivity index (χ2v) is 7.23. The van der Waals surface area contributed by atoms with Crippen LogP contribution in [0.3, 0.4) is 0 Å². The van der Waals surface area contributed by atoms with Crippen LogP contribution in [0.1, 0.15) is 20.8 Å². The fraction of sp³-hybridized carbons (Fsp3) is 0.222. The molecule has 0 spiro atoms. The SMILES string of the molecule is CC(C)(C)OC(=O)n1c2cccc(Cl)c2c(=O)c2c(Cl)cccc21. The monoisotopic (exact) mass is 363 g/mol. The van der Waals surface area contributed by atoms with Crippen molar-refractivity contribution in [2.75, 3.05) is 0 Å².